The molecule has 0 saturated carbocycles. The van der Waals surface area contributed by atoms with Gasteiger partial charge in [0.2, 0.25) is 5.91 Å². The number of rotatable bonds is 9. The lowest BCUT2D eigenvalue weighted by Crippen LogP contribution is -2.56. The molecule has 0 aliphatic rings. The highest BCUT2D eigenvalue weighted by atomic mass is 16.5. The molecule has 0 saturated heterocycles. The molecule has 0 unspecified atom stereocenters. The molecular weight excluding hydrogens is 312 g/mol. The van der Waals surface area contributed by atoms with Crippen LogP contribution in [0.3, 0.4) is 0 Å². The van der Waals surface area contributed by atoms with Crippen LogP contribution in [0.15, 0.2) is 0 Å². The highest BCUT2D eigenvalue weighted by Gasteiger charge is 2.30. The van der Waals surface area contributed by atoms with E-state index in [0.29, 0.717) is 12.8 Å². The first kappa shape index (κ1) is 22.4. The second-order valence-electron chi connectivity index (χ2n) is 7.17. The van der Waals surface area contributed by atoms with Crippen LogP contribution in [-0.4, -0.2) is 49.7 Å². The summed E-state index contributed by atoms with van der Waals surface area (Å²) in [6.07, 6.45) is 1.12. The van der Waals surface area contributed by atoms with Gasteiger partial charge in [-0.05, 0) is 39.5 Å². The van der Waals surface area contributed by atoms with Crippen molar-refractivity contribution in [1.29, 1.82) is 0 Å². The fourth-order valence-electron chi connectivity index (χ4n) is 2.18. The molecule has 2 atom stereocenters. The molecule has 0 fully saturated rings. The Bertz CT molecular complexity index is 429. The Labute approximate surface area is 144 Å². The lowest BCUT2D eigenvalue weighted by atomic mass is 10.00. The van der Waals surface area contributed by atoms with E-state index in [1.54, 1.807) is 0 Å². The van der Waals surface area contributed by atoms with Crippen molar-refractivity contribution in [3.8, 4) is 0 Å². The van der Waals surface area contributed by atoms with Gasteiger partial charge >= 0.3 is 11.9 Å². The summed E-state index contributed by atoms with van der Waals surface area (Å²) < 4.78 is 9.42. The molecule has 2 N–H and O–H groups in total. The van der Waals surface area contributed by atoms with Gasteiger partial charge in [-0.3, -0.25) is 19.7 Å². The molecule has 24 heavy (non-hydrogen) atoms. The monoisotopic (exact) mass is 344 g/mol. The van der Waals surface area contributed by atoms with Gasteiger partial charge in [-0.15, -0.1) is 0 Å². The Morgan fingerprint density at radius 1 is 1.04 bits per heavy atom. The Morgan fingerprint density at radius 3 is 2.04 bits per heavy atom. The SMILES string of the molecule is COC(=O)CCC[C@@H](N[C@H](C(=O)OC)C(C)C)C(=O)NC(C)(C)C. The van der Waals surface area contributed by atoms with Gasteiger partial charge in [0.05, 0.1) is 20.3 Å². The van der Waals surface area contributed by atoms with Crippen LogP contribution in [0.5, 0.6) is 0 Å². The first-order valence-corrected chi connectivity index (χ1v) is 8.24. The van der Waals surface area contributed by atoms with E-state index in [1.165, 1.54) is 14.2 Å². The Kier molecular flexibility index (Phi) is 9.58. The predicted molar refractivity (Wildman–Crippen MR) is 91.3 cm³/mol. The van der Waals surface area contributed by atoms with Gasteiger partial charge in [0, 0.05) is 12.0 Å². The number of methoxy groups -OCH3 is 2. The van der Waals surface area contributed by atoms with Gasteiger partial charge in [0.1, 0.15) is 6.04 Å². The van der Waals surface area contributed by atoms with Crippen LogP contribution in [0.4, 0.5) is 0 Å². The van der Waals surface area contributed by atoms with Gasteiger partial charge in [-0.25, -0.2) is 0 Å². The predicted octanol–water partition coefficient (Wildman–Crippen LogP) is 1.40. The van der Waals surface area contributed by atoms with Crippen molar-refractivity contribution in [2.24, 2.45) is 5.92 Å². The molecule has 0 aromatic heterocycles. The largest absolute Gasteiger partial charge is 0.469 e. The van der Waals surface area contributed by atoms with Crippen molar-refractivity contribution in [3.63, 3.8) is 0 Å². The third-order valence-electron chi connectivity index (χ3n) is 3.42. The van der Waals surface area contributed by atoms with Crippen molar-refractivity contribution in [2.75, 3.05) is 14.2 Å². The number of amides is 1. The molecule has 0 radical (unpaired) electrons. The van der Waals surface area contributed by atoms with Crippen LogP contribution in [0.1, 0.15) is 53.9 Å². The summed E-state index contributed by atoms with van der Waals surface area (Å²) in [6.45, 7) is 9.41. The lowest BCUT2D eigenvalue weighted by molar-refractivity contribution is -0.145. The second kappa shape index (κ2) is 10.3. The quantitative estimate of drug-likeness (QED) is 0.614. The molecule has 7 nitrogen and oxygen atoms in total. The highest BCUT2D eigenvalue weighted by Crippen LogP contribution is 2.11. The fourth-order valence-corrected chi connectivity index (χ4v) is 2.18. The van der Waals surface area contributed by atoms with Gasteiger partial charge in [-0.2, -0.15) is 0 Å². The Morgan fingerprint density at radius 2 is 1.62 bits per heavy atom. The van der Waals surface area contributed by atoms with Crippen LogP contribution in [0.2, 0.25) is 0 Å². The molecule has 0 bridgehead atoms. The van der Waals surface area contributed by atoms with Crippen LogP contribution in [0.25, 0.3) is 0 Å². The molecule has 0 heterocycles. The number of ether oxygens (including phenoxy) is 2. The van der Waals surface area contributed by atoms with E-state index in [4.69, 9.17) is 4.74 Å². The summed E-state index contributed by atoms with van der Waals surface area (Å²) >= 11 is 0. The average molecular weight is 344 g/mol. The molecule has 0 aromatic carbocycles. The fraction of sp³-hybridized carbons (Fsp3) is 0.824. The minimum absolute atomic E-state index is 0.0389. The van der Waals surface area contributed by atoms with E-state index in [1.807, 2.05) is 34.6 Å². The molecule has 0 aliphatic carbocycles. The van der Waals surface area contributed by atoms with Gasteiger partial charge < -0.3 is 14.8 Å². The summed E-state index contributed by atoms with van der Waals surface area (Å²) in [5.74, 6) is -0.977. The lowest BCUT2D eigenvalue weighted by Gasteiger charge is -2.29. The first-order chi connectivity index (χ1) is 11.0. The summed E-state index contributed by atoms with van der Waals surface area (Å²) in [5, 5.41) is 5.98. The maximum absolute atomic E-state index is 12.5. The van der Waals surface area contributed by atoms with Gasteiger partial charge in [0.15, 0.2) is 0 Å². The van der Waals surface area contributed by atoms with Crippen molar-refractivity contribution in [3.05, 3.63) is 0 Å². The normalized spacial score (nSPS) is 14.0. The number of carbonyl (C=O) groups excluding carboxylic acids is 3. The van der Waals surface area contributed by atoms with E-state index >= 15 is 0 Å². The minimum atomic E-state index is -0.597. The summed E-state index contributed by atoms with van der Waals surface area (Å²) in [4.78, 5) is 35.7. The maximum Gasteiger partial charge on any atom is 0.323 e. The minimum Gasteiger partial charge on any atom is -0.469 e. The number of carbonyl (C=O) groups is 3. The number of nitrogens with one attached hydrogen (secondary N) is 2. The molecule has 1 amide bonds. The van der Waals surface area contributed by atoms with Crippen LogP contribution in [-0.2, 0) is 23.9 Å². The van der Waals surface area contributed by atoms with E-state index in [0.717, 1.165) is 0 Å². The zero-order chi connectivity index (χ0) is 18.9. The third-order valence-corrected chi connectivity index (χ3v) is 3.42. The van der Waals surface area contributed by atoms with Crippen LogP contribution < -0.4 is 10.6 Å². The average Bonchev–Trinajstić information content (AvgIpc) is 2.47. The molecule has 0 spiro atoms. The van der Waals surface area contributed by atoms with Gasteiger partial charge in [-0.1, -0.05) is 13.8 Å². The van der Waals surface area contributed by atoms with Crippen molar-refractivity contribution in [2.45, 2.75) is 71.5 Å². The zero-order valence-electron chi connectivity index (χ0n) is 15.9. The zero-order valence-corrected chi connectivity index (χ0v) is 15.9. The molecule has 0 aromatic rings. The molecule has 0 rings (SSSR count). The van der Waals surface area contributed by atoms with E-state index in [-0.39, 0.29) is 24.2 Å². The standard InChI is InChI=1S/C17H32N2O5/c1-11(2)14(16(22)24-7)18-12(9-8-10-13(20)23-6)15(21)19-17(3,4)5/h11-12,14,18H,8-10H2,1-7H3,(H,19,21)/t12-,14+/m1/s1. The smallest absolute Gasteiger partial charge is 0.323 e. The maximum atomic E-state index is 12.5. The Balaban J connectivity index is 5.04. The summed E-state index contributed by atoms with van der Waals surface area (Å²) in [7, 11) is 2.65. The second-order valence-corrected chi connectivity index (χ2v) is 7.17. The van der Waals surface area contributed by atoms with Crippen molar-refractivity contribution in [1.82, 2.24) is 10.6 Å². The van der Waals surface area contributed by atoms with E-state index in [9.17, 15) is 14.4 Å². The topological polar surface area (TPSA) is 93.7 Å². The molecule has 0 aliphatic heterocycles. The molecular formula is C17H32N2O5. The van der Waals surface area contributed by atoms with Gasteiger partial charge in [0.25, 0.3) is 0 Å². The van der Waals surface area contributed by atoms with Crippen LogP contribution in [0, 0.1) is 5.92 Å². The summed E-state index contributed by atoms with van der Waals surface area (Å²) in [6, 6.07) is -1.19. The molecule has 140 valence electrons. The van der Waals surface area contributed by atoms with E-state index in [2.05, 4.69) is 15.4 Å². The third kappa shape index (κ3) is 8.86. The first-order valence-electron chi connectivity index (χ1n) is 8.24. The number of hydrogen-bond acceptors (Lipinski definition) is 6. The number of esters is 2. The number of hydrogen-bond donors (Lipinski definition) is 2. The van der Waals surface area contributed by atoms with E-state index < -0.39 is 23.6 Å². The molecule has 7 heteroatoms. The summed E-state index contributed by atoms with van der Waals surface area (Å²) in [5.41, 5.74) is -0.391. The Hall–Kier alpha value is -1.63. The van der Waals surface area contributed by atoms with Crippen molar-refractivity contribution >= 4 is 17.8 Å². The van der Waals surface area contributed by atoms with Crippen LogP contribution >= 0.6 is 0 Å². The van der Waals surface area contributed by atoms with Crippen molar-refractivity contribution < 1.29 is 23.9 Å². The highest BCUT2D eigenvalue weighted by molar-refractivity contribution is 5.84.